The quantitative estimate of drug-likeness (QED) is 0.761. The Balaban J connectivity index is 1.59. The number of nitrogens with zero attached hydrogens (tertiary/aromatic N) is 1. The summed E-state index contributed by atoms with van der Waals surface area (Å²) in [7, 11) is 1.90. The fraction of sp³-hybridized carbons (Fsp3) is 0.211. The number of aliphatic hydroxyl groups excluding tert-OH is 1. The molecule has 2 N–H and O–H groups in total. The lowest BCUT2D eigenvalue weighted by molar-refractivity contribution is 0.0941. The van der Waals surface area contributed by atoms with Crippen LogP contribution >= 0.6 is 0 Å². The molecule has 1 unspecified atom stereocenters. The van der Waals surface area contributed by atoms with Gasteiger partial charge in [0.2, 0.25) is 0 Å². The van der Waals surface area contributed by atoms with E-state index in [9.17, 15) is 9.90 Å². The zero-order valence-electron chi connectivity index (χ0n) is 13.1. The van der Waals surface area contributed by atoms with Gasteiger partial charge in [-0.1, -0.05) is 30.3 Å². The van der Waals surface area contributed by atoms with Gasteiger partial charge >= 0.3 is 0 Å². The second-order valence-corrected chi connectivity index (χ2v) is 5.67. The van der Waals surface area contributed by atoms with Crippen molar-refractivity contribution in [3.63, 3.8) is 0 Å². The van der Waals surface area contributed by atoms with E-state index in [0.717, 1.165) is 16.5 Å². The first-order chi connectivity index (χ1) is 11.1. The summed E-state index contributed by atoms with van der Waals surface area (Å²) in [5.41, 5.74) is 1.49. The van der Waals surface area contributed by atoms with Crippen molar-refractivity contribution >= 4 is 16.7 Å². The third-order valence-electron chi connectivity index (χ3n) is 4.04. The molecule has 0 spiro atoms. The molecule has 23 heavy (non-hydrogen) atoms. The van der Waals surface area contributed by atoms with E-state index in [2.05, 4.69) is 5.32 Å². The van der Waals surface area contributed by atoms with Gasteiger partial charge in [0.15, 0.2) is 0 Å². The lowest BCUT2D eigenvalue weighted by atomic mass is 10.1. The molecule has 0 aliphatic carbocycles. The van der Waals surface area contributed by atoms with E-state index in [1.54, 1.807) is 0 Å². The largest absolute Gasteiger partial charge is 0.387 e. The Morgan fingerprint density at radius 2 is 1.91 bits per heavy atom. The molecule has 0 saturated carbocycles. The highest BCUT2D eigenvalue weighted by Crippen LogP contribution is 2.17. The second-order valence-electron chi connectivity index (χ2n) is 5.67. The van der Waals surface area contributed by atoms with Crippen molar-refractivity contribution in [2.24, 2.45) is 7.05 Å². The number of rotatable bonds is 5. The van der Waals surface area contributed by atoms with Crippen LogP contribution in [0.2, 0.25) is 0 Å². The molecule has 0 saturated heterocycles. The summed E-state index contributed by atoms with van der Waals surface area (Å²) in [5.74, 6) is -0.116. The van der Waals surface area contributed by atoms with Gasteiger partial charge in [-0.3, -0.25) is 4.79 Å². The Labute approximate surface area is 135 Å². The van der Waals surface area contributed by atoms with Crippen molar-refractivity contribution in [1.29, 1.82) is 0 Å². The van der Waals surface area contributed by atoms with E-state index in [1.165, 1.54) is 0 Å². The first-order valence-corrected chi connectivity index (χ1v) is 7.71. The molecular formula is C19H20N2O2. The standard InChI is InChI=1S/C19H20N2O2/c1-21-12-4-7-17(21)18(22)10-11-20-19(23)16-9-8-14-5-2-3-6-15(14)13-16/h2-9,12-13,18,22H,10-11H2,1H3,(H,20,23). The lowest BCUT2D eigenvalue weighted by Crippen LogP contribution is -2.25. The molecule has 0 radical (unpaired) electrons. The summed E-state index contributed by atoms with van der Waals surface area (Å²) in [5, 5.41) is 15.2. The fourth-order valence-corrected chi connectivity index (χ4v) is 2.72. The van der Waals surface area contributed by atoms with E-state index >= 15 is 0 Å². The maximum atomic E-state index is 12.2. The topological polar surface area (TPSA) is 54.3 Å². The minimum absolute atomic E-state index is 0.116. The molecule has 118 valence electrons. The lowest BCUT2D eigenvalue weighted by Gasteiger charge is -2.12. The number of fused-ring (bicyclic) bond motifs is 1. The van der Waals surface area contributed by atoms with Crippen LogP contribution < -0.4 is 5.32 Å². The molecule has 1 heterocycles. The van der Waals surface area contributed by atoms with Crippen molar-refractivity contribution in [2.45, 2.75) is 12.5 Å². The summed E-state index contributed by atoms with van der Waals surface area (Å²) in [6.45, 7) is 0.429. The third kappa shape index (κ3) is 3.43. The highest BCUT2D eigenvalue weighted by atomic mass is 16.3. The maximum absolute atomic E-state index is 12.2. The van der Waals surface area contributed by atoms with Gasteiger partial charge < -0.3 is 15.0 Å². The van der Waals surface area contributed by atoms with E-state index in [4.69, 9.17) is 0 Å². The molecule has 1 amide bonds. The number of benzene rings is 2. The average molecular weight is 308 g/mol. The summed E-state index contributed by atoms with van der Waals surface area (Å²) < 4.78 is 1.88. The first-order valence-electron chi connectivity index (χ1n) is 7.71. The predicted molar refractivity (Wildman–Crippen MR) is 91.3 cm³/mol. The number of nitrogens with one attached hydrogen (secondary N) is 1. The number of carbonyl (C=O) groups is 1. The van der Waals surface area contributed by atoms with E-state index in [0.29, 0.717) is 18.5 Å². The first kappa shape index (κ1) is 15.3. The zero-order chi connectivity index (χ0) is 16.2. The SMILES string of the molecule is Cn1cccc1C(O)CCNC(=O)c1ccc2ccccc2c1. The average Bonchev–Trinajstić information content (AvgIpc) is 3.00. The summed E-state index contributed by atoms with van der Waals surface area (Å²) in [6, 6.07) is 17.4. The van der Waals surface area contributed by atoms with Crippen LogP contribution in [-0.2, 0) is 7.05 Å². The summed E-state index contributed by atoms with van der Waals surface area (Å²) >= 11 is 0. The van der Waals surface area contributed by atoms with Crippen molar-refractivity contribution in [3.05, 3.63) is 72.1 Å². The number of carbonyl (C=O) groups excluding carboxylic acids is 1. The maximum Gasteiger partial charge on any atom is 0.251 e. The smallest absolute Gasteiger partial charge is 0.251 e. The van der Waals surface area contributed by atoms with Crippen LogP contribution in [-0.4, -0.2) is 22.1 Å². The van der Waals surface area contributed by atoms with Gasteiger partial charge in [0.25, 0.3) is 5.91 Å². The highest BCUT2D eigenvalue weighted by molar-refractivity contribution is 5.98. The monoisotopic (exact) mass is 308 g/mol. The summed E-state index contributed by atoms with van der Waals surface area (Å²) in [6.07, 6.45) is 1.80. The van der Waals surface area contributed by atoms with Crippen molar-refractivity contribution in [3.8, 4) is 0 Å². The van der Waals surface area contributed by atoms with Crippen LogP contribution in [0.3, 0.4) is 0 Å². The van der Waals surface area contributed by atoms with Crippen LogP contribution in [0.1, 0.15) is 28.6 Å². The molecule has 0 bridgehead atoms. The van der Waals surface area contributed by atoms with Crippen LogP contribution in [0.25, 0.3) is 10.8 Å². The van der Waals surface area contributed by atoms with Gasteiger partial charge in [-0.05, 0) is 41.5 Å². The Bertz CT molecular complexity index is 823. The fourth-order valence-electron chi connectivity index (χ4n) is 2.72. The Kier molecular flexibility index (Phi) is 4.44. The van der Waals surface area contributed by atoms with Crippen LogP contribution in [0.4, 0.5) is 0 Å². The van der Waals surface area contributed by atoms with Gasteiger partial charge in [-0.2, -0.15) is 0 Å². The minimum atomic E-state index is -0.577. The number of aryl methyl sites for hydroxylation is 1. The van der Waals surface area contributed by atoms with Gasteiger partial charge in [-0.25, -0.2) is 0 Å². The highest BCUT2D eigenvalue weighted by Gasteiger charge is 2.11. The summed E-state index contributed by atoms with van der Waals surface area (Å²) in [4.78, 5) is 12.2. The molecule has 4 heteroatoms. The van der Waals surface area contributed by atoms with Crippen molar-refractivity contribution in [1.82, 2.24) is 9.88 Å². The van der Waals surface area contributed by atoms with E-state index in [1.807, 2.05) is 72.4 Å². The molecule has 3 aromatic rings. The third-order valence-corrected chi connectivity index (χ3v) is 4.04. The normalized spacial score (nSPS) is 12.3. The number of aliphatic hydroxyl groups is 1. The van der Waals surface area contributed by atoms with Gasteiger partial charge in [0.05, 0.1) is 6.10 Å². The van der Waals surface area contributed by atoms with Crippen molar-refractivity contribution < 1.29 is 9.90 Å². The molecule has 1 atom stereocenters. The van der Waals surface area contributed by atoms with Crippen LogP contribution in [0.5, 0.6) is 0 Å². The number of aromatic nitrogens is 1. The molecule has 2 aromatic carbocycles. The van der Waals surface area contributed by atoms with E-state index < -0.39 is 6.10 Å². The molecule has 4 nitrogen and oxygen atoms in total. The second kappa shape index (κ2) is 6.67. The van der Waals surface area contributed by atoms with Gasteiger partial charge in [0, 0.05) is 31.0 Å². The van der Waals surface area contributed by atoms with Crippen LogP contribution in [0.15, 0.2) is 60.8 Å². The Morgan fingerprint density at radius 1 is 1.13 bits per heavy atom. The molecule has 3 rings (SSSR count). The molecule has 1 aromatic heterocycles. The zero-order valence-corrected chi connectivity index (χ0v) is 13.1. The molecule has 0 fully saturated rings. The van der Waals surface area contributed by atoms with Crippen molar-refractivity contribution in [2.75, 3.05) is 6.54 Å². The van der Waals surface area contributed by atoms with Gasteiger partial charge in [-0.15, -0.1) is 0 Å². The molecular weight excluding hydrogens is 288 g/mol. The predicted octanol–water partition coefficient (Wildman–Crippen LogP) is 3.03. The molecule has 0 aliphatic heterocycles. The van der Waals surface area contributed by atoms with Gasteiger partial charge in [0.1, 0.15) is 0 Å². The Morgan fingerprint density at radius 3 is 2.65 bits per heavy atom. The minimum Gasteiger partial charge on any atom is -0.387 e. The van der Waals surface area contributed by atoms with Crippen LogP contribution in [0, 0.1) is 0 Å². The Hall–Kier alpha value is -2.59. The van der Waals surface area contributed by atoms with E-state index in [-0.39, 0.29) is 5.91 Å². The molecule has 0 aliphatic rings. The number of hydrogen-bond donors (Lipinski definition) is 2. The number of hydrogen-bond acceptors (Lipinski definition) is 2. The number of amides is 1.